The predicted molar refractivity (Wildman–Crippen MR) is 113 cm³/mol. The van der Waals surface area contributed by atoms with Crippen LogP contribution in [-0.4, -0.2) is 82.8 Å². The second-order valence-corrected chi connectivity index (χ2v) is 8.24. The molecule has 0 aromatic heterocycles. The van der Waals surface area contributed by atoms with Crippen molar-refractivity contribution in [3.05, 3.63) is 29.8 Å². The van der Waals surface area contributed by atoms with Gasteiger partial charge in [0.1, 0.15) is 23.9 Å². The Morgan fingerprint density at radius 3 is 2.15 bits per heavy atom. The molecule has 1 aromatic carbocycles. The highest BCUT2D eigenvalue weighted by Crippen LogP contribution is 2.11. The van der Waals surface area contributed by atoms with Gasteiger partial charge in [-0.1, -0.05) is 12.1 Å². The minimum absolute atomic E-state index is 0.0233. The van der Waals surface area contributed by atoms with Crippen molar-refractivity contribution < 1.29 is 51.7 Å². The molecule has 0 fully saturated rings. The number of nitrogens with one attached hydrogen (secondary N) is 2. The van der Waals surface area contributed by atoms with E-state index in [9.17, 15) is 42.9 Å². The minimum Gasteiger partial charge on any atom is -0.508 e. The van der Waals surface area contributed by atoms with Crippen molar-refractivity contribution in [2.24, 2.45) is 11.5 Å². The Morgan fingerprint density at radius 1 is 1.06 bits per heavy atom. The Bertz CT molecular complexity index is 984. The third-order valence-electron chi connectivity index (χ3n) is 4.38. The highest BCUT2D eigenvalue weighted by atomic mass is 32.3. The van der Waals surface area contributed by atoms with Crippen LogP contribution in [0.3, 0.4) is 0 Å². The normalized spacial score (nSPS) is 14.9. The molecule has 34 heavy (non-hydrogen) atoms. The fraction of sp³-hybridized carbons (Fsp3) is 0.444. The van der Waals surface area contributed by atoms with Gasteiger partial charge in [-0.15, -0.1) is 0 Å². The zero-order chi connectivity index (χ0) is 26.1. The van der Waals surface area contributed by atoms with Crippen LogP contribution in [-0.2, 0) is 40.2 Å². The van der Waals surface area contributed by atoms with Gasteiger partial charge in [-0.2, -0.15) is 8.42 Å². The number of carbonyl (C=O) groups is 4. The van der Waals surface area contributed by atoms with Gasteiger partial charge in [0.05, 0.1) is 12.6 Å². The van der Waals surface area contributed by atoms with E-state index in [4.69, 9.17) is 16.0 Å². The third-order valence-corrected chi connectivity index (χ3v) is 4.81. The lowest BCUT2D eigenvalue weighted by molar-refractivity contribution is -0.143. The van der Waals surface area contributed by atoms with Crippen molar-refractivity contribution >= 4 is 34.1 Å². The van der Waals surface area contributed by atoms with Crippen LogP contribution in [0.1, 0.15) is 18.4 Å². The standard InChI is InChI=1S/C18H26N4O11S/c19-11(7-9-1-3-10(23)4-2-9)16(26)22-15(13(24)8-33-34(30,31)32)17(27)21-12(18(28)29)5-6-14(20)25/h1-4,11-13,15,23-24H,5-8,19H2,(H2,20,25)(H,21,27)(H,22,26)(H,28,29)(H,30,31,32)/t11-,12-,13+,15-/m0/s1. The maximum Gasteiger partial charge on any atom is 0.397 e. The molecular formula is C18H26N4O11S. The first-order valence-corrected chi connectivity index (χ1v) is 11.0. The molecule has 0 spiro atoms. The Labute approximate surface area is 194 Å². The number of carboxylic acid groups (broad SMARTS) is 1. The number of aromatic hydroxyl groups is 1. The molecular weight excluding hydrogens is 480 g/mol. The summed E-state index contributed by atoms with van der Waals surface area (Å²) in [5.74, 6) is -4.67. The zero-order valence-electron chi connectivity index (χ0n) is 17.7. The molecule has 0 aliphatic rings. The lowest BCUT2D eigenvalue weighted by atomic mass is 10.0. The monoisotopic (exact) mass is 506 g/mol. The number of hydrogen-bond donors (Lipinski definition) is 8. The van der Waals surface area contributed by atoms with Crippen LogP contribution in [0.15, 0.2) is 24.3 Å². The van der Waals surface area contributed by atoms with Crippen molar-refractivity contribution in [3.63, 3.8) is 0 Å². The van der Waals surface area contributed by atoms with Gasteiger partial charge in [-0.3, -0.25) is 18.9 Å². The van der Waals surface area contributed by atoms with Crippen molar-refractivity contribution in [2.45, 2.75) is 43.5 Å². The molecule has 190 valence electrons. The second-order valence-electron chi connectivity index (χ2n) is 7.15. The van der Waals surface area contributed by atoms with Gasteiger partial charge in [0.2, 0.25) is 17.7 Å². The van der Waals surface area contributed by atoms with E-state index < -0.39 is 77.8 Å². The molecule has 10 N–H and O–H groups in total. The Kier molecular flexibility index (Phi) is 10.8. The van der Waals surface area contributed by atoms with Crippen LogP contribution in [0, 0.1) is 0 Å². The van der Waals surface area contributed by atoms with Crippen LogP contribution in [0.4, 0.5) is 0 Å². The third kappa shape index (κ3) is 10.5. The van der Waals surface area contributed by atoms with E-state index in [2.05, 4.69) is 9.50 Å². The summed E-state index contributed by atoms with van der Waals surface area (Å²) >= 11 is 0. The number of benzene rings is 1. The fourth-order valence-corrected chi connectivity index (χ4v) is 2.94. The van der Waals surface area contributed by atoms with Crippen LogP contribution < -0.4 is 22.1 Å². The number of carboxylic acids is 1. The van der Waals surface area contributed by atoms with E-state index in [1.165, 1.54) is 24.3 Å². The van der Waals surface area contributed by atoms with Crippen molar-refractivity contribution in [1.82, 2.24) is 10.6 Å². The van der Waals surface area contributed by atoms with Crippen LogP contribution in [0.25, 0.3) is 0 Å². The molecule has 0 saturated heterocycles. The van der Waals surface area contributed by atoms with Gasteiger partial charge in [-0.25, -0.2) is 8.98 Å². The lowest BCUT2D eigenvalue weighted by Gasteiger charge is -2.26. The van der Waals surface area contributed by atoms with Crippen LogP contribution in [0.2, 0.25) is 0 Å². The number of hydrogen-bond acceptors (Lipinski definition) is 10. The number of aliphatic hydroxyl groups excluding tert-OH is 1. The number of phenols is 1. The maximum atomic E-state index is 12.6. The number of carbonyl (C=O) groups excluding carboxylic acids is 3. The van der Waals surface area contributed by atoms with E-state index in [1.807, 2.05) is 5.32 Å². The van der Waals surface area contributed by atoms with Crippen molar-refractivity contribution in [2.75, 3.05) is 6.61 Å². The molecule has 0 radical (unpaired) electrons. The summed E-state index contributed by atoms with van der Waals surface area (Å²) in [5, 5.41) is 32.8. The first-order valence-electron chi connectivity index (χ1n) is 9.65. The highest BCUT2D eigenvalue weighted by molar-refractivity contribution is 7.80. The van der Waals surface area contributed by atoms with Crippen molar-refractivity contribution in [1.29, 1.82) is 0 Å². The fourth-order valence-electron chi connectivity index (χ4n) is 2.63. The number of primary amides is 1. The average molecular weight is 506 g/mol. The van der Waals surface area contributed by atoms with E-state index >= 15 is 0 Å². The maximum absolute atomic E-state index is 12.6. The van der Waals surface area contributed by atoms with Gasteiger partial charge < -0.3 is 37.4 Å². The summed E-state index contributed by atoms with van der Waals surface area (Å²) < 4.78 is 34.2. The second kappa shape index (κ2) is 12.8. The molecule has 15 nitrogen and oxygen atoms in total. The quantitative estimate of drug-likeness (QED) is 0.116. The summed E-state index contributed by atoms with van der Waals surface area (Å²) in [7, 11) is -5.02. The average Bonchev–Trinajstić information content (AvgIpc) is 2.73. The number of nitrogens with two attached hydrogens (primary N) is 2. The SMILES string of the molecule is NC(=O)CC[C@H](NC(=O)[C@@H](NC(=O)[C@@H](N)Cc1ccc(O)cc1)[C@H](O)COS(=O)(=O)O)C(=O)O. The molecule has 1 aromatic rings. The number of amides is 3. The van der Waals surface area contributed by atoms with Crippen LogP contribution >= 0.6 is 0 Å². The molecule has 0 saturated carbocycles. The molecule has 0 heterocycles. The van der Waals surface area contributed by atoms with E-state index in [0.29, 0.717) is 5.56 Å². The van der Waals surface area contributed by atoms with Gasteiger partial charge in [0.25, 0.3) is 0 Å². The minimum atomic E-state index is -5.02. The molecule has 0 bridgehead atoms. The Morgan fingerprint density at radius 2 is 1.65 bits per heavy atom. The number of aliphatic carboxylic acids is 1. The number of phenolic OH excluding ortho intramolecular Hbond substituents is 1. The largest absolute Gasteiger partial charge is 0.508 e. The van der Waals surface area contributed by atoms with Gasteiger partial charge >= 0.3 is 16.4 Å². The predicted octanol–water partition coefficient (Wildman–Crippen LogP) is -3.24. The van der Waals surface area contributed by atoms with E-state index in [1.54, 1.807) is 0 Å². The topological polar surface area (TPSA) is 269 Å². The summed E-state index contributed by atoms with van der Waals surface area (Å²) in [4.78, 5) is 47.4. The Balaban J connectivity index is 2.99. The lowest BCUT2D eigenvalue weighted by Crippen LogP contribution is -2.59. The van der Waals surface area contributed by atoms with Crippen LogP contribution in [0.5, 0.6) is 5.75 Å². The van der Waals surface area contributed by atoms with E-state index in [-0.39, 0.29) is 12.2 Å². The van der Waals surface area contributed by atoms with Crippen molar-refractivity contribution in [3.8, 4) is 5.75 Å². The smallest absolute Gasteiger partial charge is 0.397 e. The first-order chi connectivity index (χ1) is 15.7. The number of rotatable bonds is 14. The number of aliphatic hydroxyl groups is 1. The molecule has 0 unspecified atom stereocenters. The van der Waals surface area contributed by atoms with Gasteiger partial charge in [0.15, 0.2) is 0 Å². The molecule has 16 heteroatoms. The zero-order valence-corrected chi connectivity index (χ0v) is 18.5. The highest BCUT2D eigenvalue weighted by Gasteiger charge is 2.34. The van der Waals surface area contributed by atoms with E-state index in [0.717, 1.165) is 0 Å². The van der Waals surface area contributed by atoms with Gasteiger partial charge in [0, 0.05) is 6.42 Å². The summed E-state index contributed by atoms with van der Waals surface area (Å²) in [6, 6.07) is 0.792. The Hall–Kier alpha value is -3.31. The molecule has 3 amide bonds. The summed E-state index contributed by atoms with van der Waals surface area (Å²) in [5.41, 5.74) is 11.3. The van der Waals surface area contributed by atoms with Gasteiger partial charge in [-0.05, 0) is 30.5 Å². The molecule has 0 aliphatic carbocycles. The summed E-state index contributed by atoms with van der Waals surface area (Å²) in [6.45, 7) is -1.18. The molecule has 4 atom stereocenters. The molecule has 0 aliphatic heterocycles. The summed E-state index contributed by atoms with van der Waals surface area (Å²) in [6.07, 6.45) is -2.94. The first kappa shape index (κ1) is 28.7. The molecule has 1 rings (SSSR count).